The van der Waals surface area contributed by atoms with Gasteiger partial charge in [-0.15, -0.1) is 11.3 Å². The SMILES string of the molecule is Cc1cc(C)cc(NC(=O)C2CCN(S(=O)(=O)c3ccc(Cl)s3)CC2)c1. The van der Waals surface area contributed by atoms with E-state index in [1.807, 2.05) is 26.0 Å². The van der Waals surface area contributed by atoms with E-state index in [0.29, 0.717) is 30.3 Å². The van der Waals surface area contributed by atoms with E-state index in [1.165, 1.54) is 10.4 Å². The lowest BCUT2D eigenvalue weighted by Gasteiger charge is -2.30. The molecule has 0 unspecified atom stereocenters. The molecule has 1 aromatic heterocycles. The van der Waals surface area contributed by atoms with Crippen LogP contribution in [0.5, 0.6) is 0 Å². The normalized spacial score (nSPS) is 16.6. The first kappa shape index (κ1) is 19.4. The fourth-order valence-electron chi connectivity index (χ4n) is 3.21. The van der Waals surface area contributed by atoms with E-state index in [4.69, 9.17) is 11.6 Å². The molecule has 1 saturated heterocycles. The highest BCUT2D eigenvalue weighted by Gasteiger charge is 2.32. The van der Waals surface area contributed by atoms with Crippen molar-refractivity contribution in [3.63, 3.8) is 0 Å². The molecular weight excluding hydrogens is 392 g/mol. The summed E-state index contributed by atoms with van der Waals surface area (Å²) >= 11 is 6.91. The fourth-order valence-corrected chi connectivity index (χ4v) is 6.32. The van der Waals surface area contributed by atoms with Gasteiger partial charge in [-0.1, -0.05) is 17.7 Å². The lowest BCUT2D eigenvalue weighted by atomic mass is 9.97. The Morgan fingerprint density at radius 1 is 1.15 bits per heavy atom. The van der Waals surface area contributed by atoms with Crippen LogP contribution in [0.15, 0.2) is 34.5 Å². The standard InChI is InChI=1S/C18H21ClN2O3S2/c1-12-9-13(2)11-15(10-12)20-18(22)14-5-7-21(8-6-14)26(23,24)17-4-3-16(19)25-17/h3-4,9-11,14H,5-8H2,1-2H3,(H,20,22). The number of carbonyl (C=O) groups is 1. The number of halogens is 1. The Morgan fingerprint density at radius 2 is 1.77 bits per heavy atom. The Hall–Kier alpha value is -1.41. The first-order valence-electron chi connectivity index (χ1n) is 8.40. The third kappa shape index (κ3) is 4.28. The molecule has 26 heavy (non-hydrogen) atoms. The minimum absolute atomic E-state index is 0.0498. The molecule has 1 amide bonds. The molecule has 2 heterocycles. The first-order valence-corrected chi connectivity index (χ1v) is 11.0. The van der Waals surface area contributed by atoms with Gasteiger partial charge in [-0.3, -0.25) is 4.79 Å². The van der Waals surface area contributed by atoms with Gasteiger partial charge in [0.05, 0.1) is 4.34 Å². The molecular formula is C18H21ClN2O3S2. The number of carbonyl (C=O) groups excluding carboxylic acids is 1. The van der Waals surface area contributed by atoms with E-state index < -0.39 is 10.0 Å². The smallest absolute Gasteiger partial charge is 0.252 e. The molecule has 140 valence electrons. The van der Waals surface area contributed by atoms with Gasteiger partial charge in [0.1, 0.15) is 4.21 Å². The number of anilines is 1. The first-order chi connectivity index (χ1) is 12.3. The van der Waals surface area contributed by atoms with Crippen molar-refractivity contribution < 1.29 is 13.2 Å². The number of hydrogen-bond donors (Lipinski definition) is 1. The maximum Gasteiger partial charge on any atom is 0.252 e. The van der Waals surface area contributed by atoms with E-state index in [0.717, 1.165) is 28.2 Å². The summed E-state index contributed by atoms with van der Waals surface area (Å²) < 4.78 is 27.4. The van der Waals surface area contributed by atoms with Gasteiger partial charge in [-0.05, 0) is 62.1 Å². The molecule has 1 aromatic carbocycles. The molecule has 0 atom stereocenters. The number of hydrogen-bond acceptors (Lipinski definition) is 4. The fraction of sp³-hybridized carbons (Fsp3) is 0.389. The van der Waals surface area contributed by atoms with Gasteiger partial charge in [0.15, 0.2) is 0 Å². The number of amides is 1. The van der Waals surface area contributed by atoms with E-state index >= 15 is 0 Å². The number of rotatable bonds is 4. The van der Waals surface area contributed by atoms with Crippen LogP contribution < -0.4 is 5.32 Å². The number of benzene rings is 1. The summed E-state index contributed by atoms with van der Waals surface area (Å²) in [5.41, 5.74) is 2.97. The van der Waals surface area contributed by atoms with Crippen LogP contribution in [0.1, 0.15) is 24.0 Å². The second-order valence-electron chi connectivity index (χ2n) is 6.60. The molecule has 0 spiro atoms. The molecule has 0 radical (unpaired) electrons. The highest BCUT2D eigenvalue weighted by atomic mass is 35.5. The van der Waals surface area contributed by atoms with E-state index in [-0.39, 0.29) is 16.0 Å². The zero-order valence-corrected chi connectivity index (χ0v) is 17.0. The molecule has 8 heteroatoms. The van der Waals surface area contributed by atoms with Crippen molar-refractivity contribution in [3.8, 4) is 0 Å². The summed E-state index contributed by atoms with van der Waals surface area (Å²) in [5, 5.41) is 2.96. The minimum atomic E-state index is -3.52. The monoisotopic (exact) mass is 412 g/mol. The van der Waals surface area contributed by atoms with Crippen molar-refractivity contribution in [2.24, 2.45) is 5.92 Å². The molecule has 0 aliphatic carbocycles. The van der Waals surface area contributed by atoms with Crippen LogP contribution in [0.2, 0.25) is 4.34 Å². The second-order valence-corrected chi connectivity index (χ2v) is 10.5. The second kappa shape index (κ2) is 7.68. The van der Waals surface area contributed by atoms with Crippen molar-refractivity contribution in [2.45, 2.75) is 30.9 Å². The summed E-state index contributed by atoms with van der Waals surface area (Å²) in [6.45, 7) is 4.65. The van der Waals surface area contributed by atoms with Crippen molar-refractivity contribution in [1.29, 1.82) is 0 Å². The number of nitrogens with one attached hydrogen (secondary N) is 1. The van der Waals surface area contributed by atoms with Gasteiger partial charge in [-0.25, -0.2) is 8.42 Å². The van der Waals surface area contributed by atoms with E-state index in [9.17, 15) is 13.2 Å². The van der Waals surface area contributed by atoms with Gasteiger partial charge in [-0.2, -0.15) is 4.31 Å². The van der Waals surface area contributed by atoms with Crippen LogP contribution in [0.25, 0.3) is 0 Å². The van der Waals surface area contributed by atoms with E-state index in [2.05, 4.69) is 11.4 Å². The summed E-state index contributed by atoms with van der Waals surface area (Å²) in [4.78, 5) is 12.5. The van der Waals surface area contributed by atoms with Crippen molar-refractivity contribution in [3.05, 3.63) is 45.8 Å². The molecule has 5 nitrogen and oxygen atoms in total. The summed E-state index contributed by atoms with van der Waals surface area (Å²) in [6.07, 6.45) is 1.02. The Labute approximate surface area is 163 Å². The molecule has 0 saturated carbocycles. The maximum absolute atomic E-state index is 12.6. The average molecular weight is 413 g/mol. The number of piperidine rings is 1. The Bertz CT molecular complexity index is 896. The van der Waals surface area contributed by atoms with Crippen molar-refractivity contribution in [2.75, 3.05) is 18.4 Å². The molecule has 1 aliphatic heterocycles. The van der Waals surface area contributed by atoms with Crippen LogP contribution in [0.4, 0.5) is 5.69 Å². The van der Waals surface area contributed by atoms with Crippen molar-refractivity contribution >= 4 is 44.6 Å². The zero-order chi connectivity index (χ0) is 18.9. The van der Waals surface area contributed by atoms with Gasteiger partial charge in [0.2, 0.25) is 5.91 Å². The predicted molar refractivity (Wildman–Crippen MR) is 105 cm³/mol. The van der Waals surface area contributed by atoms with Gasteiger partial charge >= 0.3 is 0 Å². The molecule has 1 fully saturated rings. The van der Waals surface area contributed by atoms with Crippen molar-refractivity contribution in [1.82, 2.24) is 4.31 Å². The van der Waals surface area contributed by atoms with E-state index in [1.54, 1.807) is 6.07 Å². The van der Waals surface area contributed by atoms with Gasteiger partial charge in [0.25, 0.3) is 10.0 Å². The number of nitrogens with zero attached hydrogens (tertiary/aromatic N) is 1. The van der Waals surface area contributed by atoms with Crippen LogP contribution in [0, 0.1) is 19.8 Å². The molecule has 3 rings (SSSR count). The third-order valence-corrected chi connectivity index (χ3v) is 8.05. The molecule has 0 bridgehead atoms. The largest absolute Gasteiger partial charge is 0.326 e. The van der Waals surface area contributed by atoms with Crippen LogP contribution in [0.3, 0.4) is 0 Å². The maximum atomic E-state index is 12.6. The summed E-state index contributed by atoms with van der Waals surface area (Å²) in [5.74, 6) is -0.236. The van der Waals surface area contributed by atoms with Crippen LogP contribution >= 0.6 is 22.9 Å². The minimum Gasteiger partial charge on any atom is -0.326 e. The number of thiophene rings is 1. The topological polar surface area (TPSA) is 66.5 Å². The highest BCUT2D eigenvalue weighted by molar-refractivity contribution is 7.91. The van der Waals surface area contributed by atoms with Crippen LogP contribution in [-0.4, -0.2) is 31.7 Å². The lowest BCUT2D eigenvalue weighted by molar-refractivity contribution is -0.120. The van der Waals surface area contributed by atoms with Gasteiger partial charge < -0.3 is 5.32 Å². The number of aryl methyl sites for hydroxylation is 2. The van der Waals surface area contributed by atoms with Crippen LogP contribution in [-0.2, 0) is 14.8 Å². The average Bonchev–Trinajstić information content (AvgIpc) is 3.01. The number of sulfonamides is 1. The molecule has 2 aromatic rings. The third-order valence-electron chi connectivity index (χ3n) is 4.46. The Kier molecular flexibility index (Phi) is 5.72. The lowest BCUT2D eigenvalue weighted by Crippen LogP contribution is -2.41. The quantitative estimate of drug-likeness (QED) is 0.823. The molecule has 1 aliphatic rings. The van der Waals surface area contributed by atoms with Gasteiger partial charge in [0, 0.05) is 24.7 Å². The summed E-state index contributed by atoms with van der Waals surface area (Å²) in [6, 6.07) is 9.04. The Balaban J connectivity index is 1.62. The Morgan fingerprint density at radius 3 is 2.31 bits per heavy atom. The highest BCUT2D eigenvalue weighted by Crippen LogP contribution is 2.30. The zero-order valence-electron chi connectivity index (χ0n) is 14.7. The summed E-state index contributed by atoms with van der Waals surface area (Å²) in [7, 11) is -3.52. The predicted octanol–water partition coefficient (Wildman–Crippen LogP) is 4.06. The molecule has 1 N–H and O–H groups in total.